The van der Waals surface area contributed by atoms with Crippen molar-refractivity contribution in [2.75, 3.05) is 5.75 Å². The van der Waals surface area contributed by atoms with Gasteiger partial charge in [0.2, 0.25) is 0 Å². The molecule has 1 atom stereocenters. The minimum Gasteiger partial charge on any atom is -0.229 e. The van der Waals surface area contributed by atoms with Gasteiger partial charge in [-0.2, -0.15) is 0 Å². The molecule has 0 radical (unpaired) electrons. The van der Waals surface area contributed by atoms with Crippen LogP contribution in [0.2, 0.25) is 0 Å². The molecule has 2 nitrogen and oxygen atoms in total. The first kappa shape index (κ1) is 12.9. The zero-order chi connectivity index (χ0) is 10.9. The van der Waals surface area contributed by atoms with E-state index in [1.807, 2.05) is 6.92 Å². The molecule has 0 aliphatic heterocycles. The summed E-state index contributed by atoms with van der Waals surface area (Å²) >= 11 is 0. The van der Waals surface area contributed by atoms with E-state index < -0.39 is 9.84 Å². The molecular formula is C10H22O2S. The fraction of sp³-hybridized carbons (Fsp3) is 1.00. The lowest BCUT2D eigenvalue weighted by Gasteiger charge is -2.27. The SMILES string of the molecule is CC(C)S(=O)(=O)C[C@@H](C)C(C)(C)C. The highest BCUT2D eigenvalue weighted by Gasteiger charge is 2.27. The molecule has 0 saturated carbocycles. The van der Waals surface area contributed by atoms with Gasteiger partial charge in [0, 0.05) is 0 Å². The third-order valence-corrected chi connectivity index (χ3v) is 5.08. The molecule has 0 aromatic carbocycles. The van der Waals surface area contributed by atoms with Crippen LogP contribution in [-0.4, -0.2) is 19.4 Å². The van der Waals surface area contributed by atoms with Gasteiger partial charge in [-0.1, -0.05) is 27.7 Å². The van der Waals surface area contributed by atoms with Gasteiger partial charge in [0.05, 0.1) is 11.0 Å². The highest BCUT2D eigenvalue weighted by molar-refractivity contribution is 7.91. The van der Waals surface area contributed by atoms with E-state index in [9.17, 15) is 8.42 Å². The van der Waals surface area contributed by atoms with Crippen LogP contribution in [0.1, 0.15) is 41.5 Å². The highest BCUT2D eigenvalue weighted by atomic mass is 32.2. The van der Waals surface area contributed by atoms with E-state index in [1.165, 1.54) is 0 Å². The fourth-order valence-electron chi connectivity index (χ4n) is 0.791. The van der Waals surface area contributed by atoms with Crippen LogP contribution in [0, 0.1) is 11.3 Å². The number of rotatable bonds is 3. The van der Waals surface area contributed by atoms with E-state index in [-0.39, 0.29) is 16.6 Å². The van der Waals surface area contributed by atoms with Crippen molar-refractivity contribution < 1.29 is 8.42 Å². The van der Waals surface area contributed by atoms with Crippen LogP contribution in [0.5, 0.6) is 0 Å². The first-order chi connectivity index (χ1) is 5.57. The van der Waals surface area contributed by atoms with Crippen molar-refractivity contribution in [3.8, 4) is 0 Å². The normalized spacial score (nSPS) is 16.2. The predicted octanol–water partition coefficient (Wildman–Crippen LogP) is 2.49. The Bertz CT molecular complexity index is 245. The Hall–Kier alpha value is -0.0500. The van der Waals surface area contributed by atoms with Gasteiger partial charge < -0.3 is 0 Å². The molecule has 0 heterocycles. The van der Waals surface area contributed by atoms with E-state index in [1.54, 1.807) is 13.8 Å². The average Bonchev–Trinajstić information content (AvgIpc) is 1.83. The average molecular weight is 206 g/mol. The van der Waals surface area contributed by atoms with Crippen LogP contribution < -0.4 is 0 Å². The van der Waals surface area contributed by atoms with E-state index in [2.05, 4.69) is 20.8 Å². The maximum Gasteiger partial charge on any atom is 0.152 e. The van der Waals surface area contributed by atoms with Crippen LogP contribution in [0.4, 0.5) is 0 Å². The second-order valence-electron chi connectivity index (χ2n) is 5.15. The zero-order valence-corrected chi connectivity index (χ0v) is 10.4. The second kappa shape index (κ2) is 3.99. The molecule has 0 spiro atoms. The van der Waals surface area contributed by atoms with Gasteiger partial charge >= 0.3 is 0 Å². The molecule has 0 amide bonds. The molecule has 0 N–H and O–H groups in total. The first-order valence-electron chi connectivity index (χ1n) is 4.79. The number of hydrogen-bond donors (Lipinski definition) is 0. The van der Waals surface area contributed by atoms with Crippen molar-refractivity contribution in [3.63, 3.8) is 0 Å². The van der Waals surface area contributed by atoms with Gasteiger partial charge in [-0.05, 0) is 25.2 Å². The summed E-state index contributed by atoms with van der Waals surface area (Å²) in [5.41, 5.74) is 0.0714. The Morgan fingerprint density at radius 2 is 1.46 bits per heavy atom. The van der Waals surface area contributed by atoms with Gasteiger partial charge in [-0.3, -0.25) is 0 Å². The van der Waals surface area contributed by atoms with E-state index in [4.69, 9.17) is 0 Å². The summed E-state index contributed by atoms with van der Waals surface area (Å²) in [4.78, 5) is 0. The Kier molecular flexibility index (Phi) is 3.97. The molecule has 0 unspecified atom stereocenters. The summed E-state index contributed by atoms with van der Waals surface area (Å²) in [6.45, 7) is 11.7. The van der Waals surface area contributed by atoms with Gasteiger partial charge in [0.25, 0.3) is 0 Å². The minimum absolute atomic E-state index is 0.0714. The monoisotopic (exact) mass is 206 g/mol. The lowest BCUT2D eigenvalue weighted by molar-refractivity contribution is 0.285. The van der Waals surface area contributed by atoms with Crippen LogP contribution >= 0.6 is 0 Å². The molecular weight excluding hydrogens is 184 g/mol. The third kappa shape index (κ3) is 4.12. The first-order valence-corrected chi connectivity index (χ1v) is 6.50. The van der Waals surface area contributed by atoms with Gasteiger partial charge in [-0.25, -0.2) is 8.42 Å². The molecule has 0 aliphatic rings. The summed E-state index contributed by atoms with van der Waals surface area (Å²) < 4.78 is 23.2. The lowest BCUT2D eigenvalue weighted by Crippen LogP contribution is -2.29. The Morgan fingerprint density at radius 1 is 1.08 bits per heavy atom. The van der Waals surface area contributed by atoms with Gasteiger partial charge in [0.1, 0.15) is 0 Å². The molecule has 0 rings (SSSR count). The maximum atomic E-state index is 11.6. The Morgan fingerprint density at radius 3 is 1.69 bits per heavy atom. The molecule has 0 aromatic rings. The van der Waals surface area contributed by atoms with Crippen LogP contribution in [0.15, 0.2) is 0 Å². The van der Waals surface area contributed by atoms with E-state index in [0.29, 0.717) is 5.75 Å². The maximum absolute atomic E-state index is 11.6. The van der Waals surface area contributed by atoms with Crippen molar-refractivity contribution in [3.05, 3.63) is 0 Å². The topological polar surface area (TPSA) is 34.1 Å². The number of sulfone groups is 1. The Balaban J connectivity index is 4.48. The lowest BCUT2D eigenvalue weighted by atomic mass is 9.83. The molecule has 0 saturated heterocycles. The van der Waals surface area contributed by atoms with E-state index >= 15 is 0 Å². The summed E-state index contributed by atoms with van der Waals surface area (Å²) in [6, 6.07) is 0. The highest BCUT2D eigenvalue weighted by Crippen LogP contribution is 2.27. The summed E-state index contributed by atoms with van der Waals surface area (Å²) in [7, 11) is -2.88. The van der Waals surface area contributed by atoms with Crippen LogP contribution in [0.3, 0.4) is 0 Å². The fourth-order valence-corrected chi connectivity index (χ4v) is 2.37. The van der Waals surface area contributed by atoms with Gasteiger partial charge in [-0.15, -0.1) is 0 Å². The summed E-state index contributed by atoms with van der Waals surface area (Å²) in [6.07, 6.45) is 0. The van der Waals surface area contributed by atoms with Crippen molar-refractivity contribution in [1.29, 1.82) is 0 Å². The molecule has 0 aromatic heterocycles. The molecule has 0 bridgehead atoms. The van der Waals surface area contributed by atoms with E-state index in [0.717, 1.165) is 0 Å². The van der Waals surface area contributed by atoms with Gasteiger partial charge in [0.15, 0.2) is 9.84 Å². The third-order valence-electron chi connectivity index (χ3n) is 2.68. The minimum atomic E-state index is -2.88. The quantitative estimate of drug-likeness (QED) is 0.711. The Labute approximate surface area is 82.6 Å². The number of hydrogen-bond acceptors (Lipinski definition) is 2. The second-order valence-corrected chi connectivity index (χ2v) is 7.75. The van der Waals surface area contributed by atoms with Crippen molar-refractivity contribution in [1.82, 2.24) is 0 Å². The molecule has 3 heteroatoms. The smallest absolute Gasteiger partial charge is 0.152 e. The zero-order valence-electron chi connectivity index (χ0n) is 9.59. The van der Waals surface area contributed by atoms with Crippen molar-refractivity contribution in [2.24, 2.45) is 11.3 Å². The van der Waals surface area contributed by atoms with Crippen molar-refractivity contribution >= 4 is 9.84 Å². The molecule has 13 heavy (non-hydrogen) atoms. The van der Waals surface area contributed by atoms with Crippen LogP contribution in [0.25, 0.3) is 0 Å². The molecule has 0 aliphatic carbocycles. The molecule has 80 valence electrons. The van der Waals surface area contributed by atoms with Crippen LogP contribution in [-0.2, 0) is 9.84 Å². The predicted molar refractivity (Wildman–Crippen MR) is 57.5 cm³/mol. The largest absolute Gasteiger partial charge is 0.229 e. The summed E-state index contributed by atoms with van der Waals surface area (Å²) in [5, 5.41) is -0.253. The molecule has 0 fully saturated rings. The van der Waals surface area contributed by atoms with Crippen molar-refractivity contribution in [2.45, 2.75) is 46.8 Å². The summed E-state index contributed by atoms with van der Waals surface area (Å²) in [5.74, 6) is 0.508. The standard InChI is InChI=1S/C10H22O2S/c1-8(2)13(11,12)7-9(3)10(4,5)6/h8-9H,7H2,1-6H3/t9-/m1/s1.